The number of para-hydroxylation sites is 2. The molecule has 0 atom stereocenters. The summed E-state index contributed by atoms with van der Waals surface area (Å²) >= 11 is 3.70. The summed E-state index contributed by atoms with van der Waals surface area (Å²) in [5.41, 5.74) is 10.9. The number of hydrogen-bond acceptors (Lipinski definition) is 1. The fraction of sp³-hybridized carbons (Fsp3) is 0. The first kappa shape index (κ1) is 21.0. The van der Waals surface area contributed by atoms with Crippen LogP contribution in [0.15, 0.2) is 126 Å². The Balaban J connectivity index is 1.41. The molecule has 0 spiro atoms. The third-order valence-electron chi connectivity index (χ3n) is 7.69. The third-order valence-corrected chi connectivity index (χ3v) is 8.18. The second-order valence-corrected chi connectivity index (χ2v) is 10.7. The smallest absolute Gasteiger partial charge is 0.244 e. The standard InChI is InChI=1S/C33H20BBrN2/c35-23-15-16-25-27-19-22(14-17-31(27)37(32(25)20-23)24-9-2-1-3-10-24)34-28-12-6-5-11-26(28)33-29(34)18-21-8-4-7-13-30(21)36-33/h1-20H. The van der Waals surface area contributed by atoms with Crippen molar-refractivity contribution in [3.63, 3.8) is 0 Å². The van der Waals surface area contributed by atoms with E-state index in [1.54, 1.807) is 0 Å². The van der Waals surface area contributed by atoms with E-state index in [-0.39, 0.29) is 6.71 Å². The van der Waals surface area contributed by atoms with Crippen LogP contribution in [0, 0.1) is 0 Å². The van der Waals surface area contributed by atoms with Crippen LogP contribution in [0.25, 0.3) is 49.7 Å². The quantitative estimate of drug-likeness (QED) is 0.229. The van der Waals surface area contributed by atoms with Crippen LogP contribution in [0.4, 0.5) is 0 Å². The van der Waals surface area contributed by atoms with Gasteiger partial charge in [-0.05, 0) is 52.8 Å². The van der Waals surface area contributed by atoms with Gasteiger partial charge in [-0.25, -0.2) is 4.98 Å². The first-order chi connectivity index (χ1) is 18.3. The summed E-state index contributed by atoms with van der Waals surface area (Å²) in [7, 11) is 0. The van der Waals surface area contributed by atoms with Gasteiger partial charge in [0.1, 0.15) is 0 Å². The summed E-state index contributed by atoms with van der Waals surface area (Å²) in [5, 5.41) is 3.71. The van der Waals surface area contributed by atoms with Crippen LogP contribution >= 0.6 is 15.9 Å². The molecular formula is C33H20BBrN2. The minimum Gasteiger partial charge on any atom is -0.309 e. The average Bonchev–Trinajstić information content (AvgIpc) is 3.43. The summed E-state index contributed by atoms with van der Waals surface area (Å²) < 4.78 is 3.45. The fourth-order valence-electron chi connectivity index (χ4n) is 6.11. The van der Waals surface area contributed by atoms with Crippen LogP contribution < -0.4 is 16.4 Å². The molecular weight excluding hydrogens is 515 g/mol. The Kier molecular flexibility index (Phi) is 4.50. The van der Waals surface area contributed by atoms with E-state index in [0.29, 0.717) is 0 Å². The van der Waals surface area contributed by atoms with Crippen molar-refractivity contribution >= 4 is 71.7 Å². The van der Waals surface area contributed by atoms with Crippen molar-refractivity contribution in [3.8, 4) is 16.9 Å². The molecule has 0 fully saturated rings. The van der Waals surface area contributed by atoms with Gasteiger partial charge in [0, 0.05) is 20.9 Å². The number of hydrogen-bond donors (Lipinski definition) is 0. The SMILES string of the molecule is Brc1ccc2c3cc(B4c5ccccc5-c5nc6ccccc6cc54)ccc3n(-c3ccccc3)c2c1. The molecule has 3 heterocycles. The Hall–Kier alpha value is -4.15. The molecule has 0 saturated heterocycles. The van der Waals surface area contributed by atoms with Gasteiger partial charge in [-0.15, -0.1) is 0 Å². The van der Waals surface area contributed by atoms with E-state index in [1.165, 1.54) is 54.8 Å². The highest BCUT2D eigenvalue weighted by Gasteiger charge is 2.35. The molecule has 5 aromatic carbocycles. The molecule has 7 aromatic rings. The molecule has 0 amide bonds. The number of halogens is 1. The number of benzene rings is 5. The van der Waals surface area contributed by atoms with E-state index in [9.17, 15) is 0 Å². The Morgan fingerprint density at radius 2 is 1.43 bits per heavy atom. The van der Waals surface area contributed by atoms with Gasteiger partial charge < -0.3 is 4.57 Å². The molecule has 172 valence electrons. The first-order valence-electron chi connectivity index (χ1n) is 12.5. The maximum atomic E-state index is 5.13. The molecule has 0 N–H and O–H groups in total. The maximum Gasteiger partial charge on any atom is 0.244 e. The lowest BCUT2D eigenvalue weighted by atomic mass is 9.39. The minimum atomic E-state index is 0.151. The van der Waals surface area contributed by atoms with E-state index in [1.807, 2.05) is 0 Å². The highest BCUT2D eigenvalue weighted by atomic mass is 79.9. The Bertz CT molecular complexity index is 2010. The summed E-state index contributed by atoms with van der Waals surface area (Å²) in [6.07, 6.45) is 0. The molecule has 1 aliphatic heterocycles. The van der Waals surface area contributed by atoms with Gasteiger partial charge in [-0.2, -0.15) is 0 Å². The van der Waals surface area contributed by atoms with Gasteiger partial charge in [0.15, 0.2) is 0 Å². The first-order valence-corrected chi connectivity index (χ1v) is 13.3. The van der Waals surface area contributed by atoms with Crippen molar-refractivity contribution < 1.29 is 0 Å². The molecule has 0 unspecified atom stereocenters. The zero-order chi connectivity index (χ0) is 24.5. The summed E-state index contributed by atoms with van der Waals surface area (Å²) in [4.78, 5) is 5.13. The van der Waals surface area contributed by atoms with Gasteiger partial charge in [0.05, 0.1) is 22.2 Å². The number of fused-ring (bicyclic) bond motifs is 7. The largest absolute Gasteiger partial charge is 0.309 e. The number of nitrogens with zero attached hydrogens (tertiary/aromatic N) is 2. The van der Waals surface area contributed by atoms with Crippen LogP contribution in [0.1, 0.15) is 0 Å². The molecule has 0 radical (unpaired) electrons. The van der Waals surface area contributed by atoms with E-state index >= 15 is 0 Å². The Morgan fingerprint density at radius 1 is 0.622 bits per heavy atom. The summed E-state index contributed by atoms with van der Waals surface area (Å²) in [5.74, 6) is 0. The monoisotopic (exact) mass is 534 g/mol. The van der Waals surface area contributed by atoms with Crippen LogP contribution in [0.5, 0.6) is 0 Å². The lowest BCUT2D eigenvalue weighted by molar-refractivity contribution is 1.18. The summed E-state index contributed by atoms with van der Waals surface area (Å²) in [6.45, 7) is 0.151. The Morgan fingerprint density at radius 3 is 2.35 bits per heavy atom. The Labute approximate surface area is 223 Å². The molecule has 0 bridgehead atoms. The van der Waals surface area contributed by atoms with Crippen molar-refractivity contribution in [3.05, 3.63) is 126 Å². The van der Waals surface area contributed by atoms with E-state index < -0.39 is 0 Å². The maximum absolute atomic E-state index is 5.13. The molecule has 4 heteroatoms. The lowest BCUT2D eigenvalue weighted by Crippen LogP contribution is -2.48. The van der Waals surface area contributed by atoms with Crippen molar-refractivity contribution in [1.82, 2.24) is 9.55 Å². The van der Waals surface area contributed by atoms with Gasteiger partial charge in [0.25, 0.3) is 0 Å². The van der Waals surface area contributed by atoms with Crippen LogP contribution in [-0.4, -0.2) is 16.3 Å². The molecule has 0 aliphatic carbocycles. The second kappa shape index (κ2) is 7.93. The fourth-order valence-corrected chi connectivity index (χ4v) is 6.45. The van der Waals surface area contributed by atoms with Crippen molar-refractivity contribution in [1.29, 1.82) is 0 Å². The third kappa shape index (κ3) is 3.09. The highest BCUT2D eigenvalue weighted by molar-refractivity contribution is 9.10. The number of rotatable bonds is 2. The molecule has 37 heavy (non-hydrogen) atoms. The van der Waals surface area contributed by atoms with Crippen molar-refractivity contribution in [2.75, 3.05) is 0 Å². The predicted molar refractivity (Wildman–Crippen MR) is 160 cm³/mol. The zero-order valence-electron chi connectivity index (χ0n) is 19.9. The van der Waals surface area contributed by atoms with Crippen LogP contribution in [0.3, 0.4) is 0 Å². The zero-order valence-corrected chi connectivity index (χ0v) is 21.5. The molecule has 8 rings (SSSR count). The highest BCUT2D eigenvalue weighted by Crippen LogP contribution is 2.34. The predicted octanol–water partition coefficient (Wildman–Crippen LogP) is 6.59. The van der Waals surface area contributed by atoms with E-state index in [0.717, 1.165) is 15.7 Å². The topological polar surface area (TPSA) is 17.8 Å². The molecule has 2 nitrogen and oxygen atoms in total. The lowest BCUT2D eigenvalue weighted by Gasteiger charge is -2.12. The summed E-state index contributed by atoms with van der Waals surface area (Å²) in [6, 6.07) is 43.7. The van der Waals surface area contributed by atoms with Gasteiger partial charge in [0.2, 0.25) is 6.71 Å². The van der Waals surface area contributed by atoms with Gasteiger partial charge in [-0.1, -0.05) is 112 Å². The van der Waals surface area contributed by atoms with Crippen molar-refractivity contribution in [2.24, 2.45) is 0 Å². The average molecular weight is 535 g/mol. The minimum absolute atomic E-state index is 0.151. The van der Waals surface area contributed by atoms with Crippen LogP contribution in [0.2, 0.25) is 0 Å². The van der Waals surface area contributed by atoms with Gasteiger partial charge in [-0.3, -0.25) is 0 Å². The normalized spacial score (nSPS) is 12.4. The molecule has 1 aliphatic rings. The molecule has 0 saturated carbocycles. The number of pyridine rings is 1. The van der Waals surface area contributed by atoms with Gasteiger partial charge >= 0.3 is 0 Å². The van der Waals surface area contributed by atoms with E-state index in [2.05, 4.69) is 142 Å². The second-order valence-electron chi connectivity index (χ2n) is 9.75. The van der Waals surface area contributed by atoms with Crippen LogP contribution in [-0.2, 0) is 0 Å². The molecule has 2 aromatic heterocycles. The van der Waals surface area contributed by atoms with E-state index in [4.69, 9.17) is 4.98 Å². The van der Waals surface area contributed by atoms with Crippen molar-refractivity contribution in [2.45, 2.75) is 0 Å². The number of aromatic nitrogens is 2.